The molecule has 1 aromatic rings. The molecule has 0 bridgehead atoms. The molecular formula is C13H17BrN2OS2. The second-order valence-electron chi connectivity index (χ2n) is 5.07. The third-order valence-corrected chi connectivity index (χ3v) is 6.67. The van der Waals surface area contributed by atoms with Crippen LogP contribution in [0.2, 0.25) is 0 Å². The van der Waals surface area contributed by atoms with Crippen molar-refractivity contribution in [3.63, 3.8) is 0 Å². The second kappa shape index (κ2) is 5.58. The normalized spacial score (nSPS) is 27.1. The maximum Gasteiger partial charge on any atom is 0.242 e. The maximum atomic E-state index is 12.1. The SMILES string of the molecule is CC(C)[C@]1(C)SC(=N[C@@H](C)c2ccc(Br)s2)NC1=O. The van der Waals surface area contributed by atoms with Gasteiger partial charge in [0, 0.05) is 4.88 Å². The standard InChI is InChI=1S/C13H17BrN2OS2/c1-7(2)13(4)11(17)16-12(19-13)15-8(3)9-5-6-10(14)18-9/h5-8H,1-4H3,(H,15,16,17)/t8-,13-/m0/s1. The molecule has 1 fully saturated rings. The summed E-state index contributed by atoms with van der Waals surface area (Å²) in [6, 6.07) is 4.15. The van der Waals surface area contributed by atoms with E-state index in [1.165, 1.54) is 4.88 Å². The third kappa shape index (κ3) is 3.06. The molecule has 1 amide bonds. The molecule has 6 heteroatoms. The molecule has 0 aliphatic carbocycles. The van der Waals surface area contributed by atoms with Gasteiger partial charge in [0.15, 0.2) is 5.17 Å². The Morgan fingerprint density at radius 2 is 2.05 bits per heavy atom. The van der Waals surface area contributed by atoms with Gasteiger partial charge >= 0.3 is 0 Å². The Morgan fingerprint density at radius 3 is 2.53 bits per heavy atom. The first-order valence-corrected chi connectivity index (χ1v) is 8.59. The molecule has 3 nitrogen and oxygen atoms in total. The fraction of sp³-hybridized carbons (Fsp3) is 0.538. The van der Waals surface area contributed by atoms with Gasteiger partial charge in [-0.15, -0.1) is 11.3 Å². The van der Waals surface area contributed by atoms with Gasteiger partial charge in [0.05, 0.1) is 9.83 Å². The molecule has 0 saturated carbocycles. The Labute approximate surface area is 130 Å². The lowest BCUT2D eigenvalue weighted by molar-refractivity contribution is -0.122. The van der Waals surface area contributed by atoms with E-state index in [0.717, 1.165) is 8.95 Å². The quantitative estimate of drug-likeness (QED) is 0.877. The van der Waals surface area contributed by atoms with Crippen LogP contribution in [-0.2, 0) is 4.79 Å². The van der Waals surface area contributed by atoms with Gasteiger partial charge < -0.3 is 5.32 Å². The summed E-state index contributed by atoms with van der Waals surface area (Å²) in [6.07, 6.45) is 0. The topological polar surface area (TPSA) is 41.5 Å². The molecule has 1 aliphatic rings. The minimum absolute atomic E-state index is 0.0609. The number of aliphatic imine (C=N–C) groups is 1. The zero-order valence-corrected chi connectivity index (χ0v) is 14.6. The summed E-state index contributed by atoms with van der Waals surface area (Å²) in [7, 11) is 0. The van der Waals surface area contributed by atoms with Crippen molar-refractivity contribution in [3.8, 4) is 0 Å². The maximum absolute atomic E-state index is 12.1. The smallest absolute Gasteiger partial charge is 0.242 e. The first-order valence-electron chi connectivity index (χ1n) is 6.16. The van der Waals surface area contributed by atoms with Crippen molar-refractivity contribution >= 4 is 50.1 Å². The lowest BCUT2D eigenvalue weighted by atomic mass is 9.96. The Kier molecular flexibility index (Phi) is 4.42. The van der Waals surface area contributed by atoms with Gasteiger partial charge in [-0.25, -0.2) is 0 Å². The Hall–Kier alpha value is -0.330. The van der Waals surface area contributed by atoms with Crippen molar-refractivity contribution in [1.82, 2.24) is 5.32 Å². The number of halogens is 1. The number of carbonyl (C=O) groups is 1. The number of nitrogens with one attached hydrogen (secondary N) is 1. The van der Waals surface area contributed by atoms with E-state index in [-0.39, 0.29) is 17.9 Å². The van der Waals surface area contributed by atoms with Crippen LogP contribution in [0.3, 0.4) is 0 Å². The average Bonchev–Trinajstić information content (AvgIpc) is 2.85. The number of nitrogens with zero attached hydrogens (tertiary/aromatic N) is 1. The molecule has 0 aromatic carbocycles. The number of thiophene rings is 1. The number of rotatable bonds is 3. The van der Waals surface area contributed by atoms with E-state index in [1.54, 1.807) is 23.1 Å². The van der Waals surface area contributed by atoms with E-state index in [2.05, 4.69) is 46.2 Å². The van der Waals surface area contributed by atoms with Crippen LogP contribution in [-0.4, -0.2) is 15.8 Å². The lowest BCUT2D eigenvalue weighted by Crippen LogP contribution is -2.38. The fourth-order valence-corrected chi connectivity index (χ4v) is 4.27. The summed E-state index contributed by atoms with van der Waals surface area (Å²) < 4.78 is 0.693. The minimum atomic E-state index is -0.408. The number of amides is 1. The van der Waals surface area contributed by atoms with Crippen LogP contribution in [0.4, 0.5) is 0 Å². The van der Waals surface area contributed by atoms with Crippen LogP contribution in [0, 0.1) is 5.92 Å². The number of thioether (sulfide) groups is 1. The van der Waals surface area contributed by atoms with Crippen molar-refractivity contribution < 1.29 is 4.79 Å². The molecule has 1 aromatic heterocycles. The minimum Gasteiger partial charge on any atom is -0.304 e. The third-order valence-electron chi connectivity index (χ3n) is 3.40. The first kappa shape index (κ1) is 15.1. The van der Waals surface area contributed by atoms with Crippen molar-refractivity contribution in [2.24, 2.45) is 10.9 Å². The Balaban J connectivity index is 2.16. The number of hydrogen-bond donors (Lipinski definition) is 1. The molecule has 104 valence electrons. The van der Waals surface area contributed by atoms with Crippen molar-refractivity contribution in [2.45, 2.75) is 38.5 Å². The highest BCUT2D eigenvalue weighted by Crippen LogP contribution is 2.39. The summed E-state index contributed by atoms with van der Waals surface area (Å²) >= 11 is 6.67. The summed E-state index contributed by atoms with van der Waals surface area (Å²) in [6.45, 7) is 8.15. The monoisotopic (exact) mass is 360 g/mol. The Morgan fingerprint density at radius 1 is 1.37 bits per heavy atom. The summed E-state index contributed by atoms with van der Waals surface area (Å²) in [5.41, 5.74) is 0. The van der Waals surface area contributed by atoms with E-state index in [0.29, 0.717) is 0 Å². The number of carbonyl (C=O) groups excluding carboxylic acids is 1. The van der Waals surface area contributed by atoms with Gasteiger partial charge in [0.2, 0.25) is 5.91 Å². The zero-order valence-electron chi connectivity index (χ0n) is 11.4. The van der Waals surface area contributed by atoms with Crippen LogP contribution in [0.1, 0.15) is 38.6 Å². The van der Waals surface area contributed by atoms with Crippen LogP contribution >= 0.6 is 39.0 Å². The van der Waals surface area contributed by atoms with Gasteiger partial charge in [-0.05, 0) is 47.8 Å². The molecular weight excluding hydrogens is 344 g/mol. The highest BCUT2D eigenvalue weighted by atomic mass is 79.9. The van der Waals surface area contributed by atoms with Crippen LogP contribution in [0.15, 0.2) is 20.9 Å². The molecule has 1 N–H and O–H groups in total. The predicted molar refractivity (Wildman–Crippen MR) is 86.8 cm³/mol. The molecule has 2 rings (SSSR count). The largest absolute Gasteiger partial charge is 0.304 e. The highest BCUT2D eigenvalue weighted by Gasteiger charge is 2.45. The van der Waals surface area contributed by atoms with Crippen molar-refractivity contribution in [1.29, 1.82) is 0 Å². The lowest BCUT2D eigenvalue weighted by Gasteiger charge is -2.22. The number of hydrogen-bond acceptors (Lipinski definition) is 4. The zero-order chi connectivity index (χ0) is 14.2. The molecule has 1 saturated heterocycles. The van der Waals surface area contributed by atoms with Gasteiger partial charge in [0.1, 0.15) is 4.75 Å². The summed E-state index contributed by atoms with van der Waals surface area (Å²) in [5.74, 6) is 0.335. The molecule has 0 unspecified atom stereocenters. The predicted octanol–water partition coefficient (Wildman–Crippen LogP) is 4.21. The number of amidine groups is 1. The van der Waals surface area contributed by atoms with Gasteiger partial charge in [0.25, 0.3) is 0 Å². The fourth-order valence-electron chi connectivity index (χ4n) is 1.72. The molecule has 2 atom stereocenters. The summed E-state index contributed by atoms with van der Waals surface area (Å²) in [4.78, 5) is 17.9. The molecule has 19 heavy (non-hydrogen) atoms. The average molecular weight is 361 g/mol. The van der Waals surface area contributed by atoms with E-state index in [9.17, 15) is 4.79 Å². The van der Waals surface area contributed by atoms with Crippen LogP contribution in [0.25, 0.3) is 0 Å². The molecule has 1 aliphatic heterocycles. The first-order chi connectivity index (χ1) is 8.83. The van der Waals surface area contributed by atoms with Crippen molar-refractivity contribution in [3.05, 3.63) is 20.8 Å². The van der Waals surface area contributed by atoms with Gasteiger partial charge in [-0.3, -0.25) is 9.79 Å². The van der Waals surface area contributed by atoms with Crippen molar-refractivity contribution in [2.75, 3.05) is 0 Å². The van der Waals surface area contributed by atoms with E-state index < -0.39 is 4.75 Å². The highest BCUT2D eigenvalue weighted by molar-refractivity contribution is 9.11. The van der Waals surface area contributed by atoms with Crippen LogP contribution in [0.5, 0.6) is 0 Å². The molecule has 0 radical (unpaired) electrons. The molecule has 0 spiro atoms. The Bertz CT molecular complexity index is 526. The second-order valence-corrected chi connectivity index (χ2v) is 9.00. The van der Waals surface area contributed by atoms with Gasteiger partial charge in [-0.2, -0.15) is 0 Å². The van der Waals surface area contributed by atoms with E-state index in [4.69, 9.17) is 0 Å². The van der Waals surface area contributed by atoms with Gasteiger partial charge in [-0.1, -0.05) is 25.6 Å². The van der Waals surface area contributed by atoms with E-state index >= 15 is 0 Å². The van der Waals surface area contributed by atoms with Crippen LogP contribution < -0.4 is 5.32 Å². The summed E-state index contributed by atoms with van der Waals surface area (Å²) in [5, 5.41) is 3.63. The van der Waals surface area contributed by atoms with E-state index in [1.807, 2.05) is 19.9 Å². The molecule has 2 heterocycles.